The van der Waals surface area contributed by atoms with Gasteiger partial charge in [0.2, 0.25) is 0 Å². The van der Waals surface area contributed by atoms with Crippen molar-refractivity contribution < 1.29 is 9.90 Å². The Morgan fingerprint density at radius 3 is 2.68 bits per heavy atom. The van der Waals surface area contributed by atoms with E-state index >= 15 is 0 Å². The van der Waals surface area contributed by atoms with Crippen molar-refractivity contribution in [2.75, 3.05) is 18.5 Å². The Kier molecular flexibility index (Phi) is 4.70. The van der Waals surface area contributed by atoms with Crippen LogP contribution < -0.4 is 4.90 Å². The first-order valence-corrected chi connectivity index (χ1v) is 7.19. The largest absolute Gasteiger partial charge is 0.478 e. The smallest absolute Gasteiger partial charge is 0.337 e. The van der Waals surface area contributed by atoms with Crippen LogP contribution in [-0.2, 0) is 0 Å². The first-order chi connectivity index (χ1) is 9.08. The maximum Gasteiger partial charge on any atom is 0.337 e. The number of nitrogens with zero attached hydrogens (tertiary/aromatic N) is 1. The summed E-state index contributed by atoms with van der Waals surface area (Å²) in [6.45, 7) is 0.919. The van der Waals surface area contributed by atoms with Crippen LogP contribution in [0.3, 0.4) is 0 Å². The summed E-state index contributed by atoms with van der Waals surface area (Å²) in [7, 11) is 1.96. The van der Waals surface area contributed by atoms with E-state index in [1.165, 1.54) is 38.2 Å². The Morgan fingerprint density at radius 2 is 2.05 bits per heavy atom. The monoisotopic (exact) mass is 281 g/mol. The van der Waals surface area contributed by atoms with E-state index in [9.17, 15) is 9.90 Å². The van der Waals surface area contributed by atoms with Crippen LogP contribution in [0.15, 0.2) is 18.2 Å². The van der Waals surface area contributed by atoms with Crippen LogP contribution in [-0.4, -0.2) is 24.7 Å². The highest BCUT2D eigenvalue weighted by Gasteiger charge is 2.19. The quantitative estimate of drug-likeness (QED) is 0.905. The first kappa shape index (κ1) is 14.2. The number of benzene rings is 1. The molecule has 3 nitrogen and oxygen atoms in total. The molecule has 1 aromatic rings. The van der Waals surface area contributed by atoms with Gasteiger partial charge in [-0.1, -0.05) is 30.9 Å². The molecule has 0 aliphatic heterocycles. The van der Waals surface area contributed by atoms with E-state index in [-0.39, 0.29) is 5.56 Å². The van der Waals surface area contributed by atoms with Gasteiger partial charge >= 0.3 is 5.97 Å². The van der Waals surface area contributed by atoms with Gasteiger partial charge in [0.25, 0.3) is 0 Å². The molecule has 0 saturated heterocycles. The Hall–Kier alpha value is -1.22. The second kappa shape index (κ2) is 6.29. The molecule has 1 saturated carbocycles. The minimum atomic E-state index is -0.923. The van der Waals surface area contributed by atoms with Gasteiger partial charge in [0.1, 0.15) is 0 Å². The number of hydrogen-bond donors (Lipinski definition) is 1. The lowest BCUT2D eigenvalue weighted by Crippen LogP contribution is -2.28. The minimum Gasteiger partial charge on any atom is -0.478 e. The number of anilines is 1. The Balaban J connectivity index is 2.13. The van der Waals surface area contributed by atoms with Gasteiger partial charge in [0, 0.05) is 18.6 Å². The Morgan fingerprint density at radius 1 is 1.37 bits per heavy atom. The average molecular weight is 282 g/mol. The molecule has 0 amide bonds. The predicted octanol–water partition coefficient (Wildman–Crippen LogP) is 4.05. The molecular weight excluding hydrogens is 262 g/mol. The highest BCUT2D eigenvalue weighted by atomic mass is 35.5. The zero-order chi connectivity index (χ0) is 13.8. The second-order valence-electron chi connectivity index (χ2n) is 5.35. The van der Waals surface area contributed by atoms with E-state index in [0.717, 1.165) is 12.2 Å². The van der Waals surface area contributed by atoms with E-state index in [0.29, 0.717) is 10.9 Å². The highest BCUT2D eigenvalue weighted by Crippen LogP contribution is 2.28. The fourth-order valence-corrected chi connectivity index (χ4v) is 3.04. The van der Waals surface area contributed by atoms with E-state index in [1.54, 1.807) is 12.1 Å². The number of hydrogen-bond acceptors (Lipinski definition) is 2. The average Bonchev–Trinajstić information content (AvgIpc) is 2.39. The highest BCUT2D eigenvalue weighted by molar-refractivity contribution is 6.31. The van der Waals surface area contributed by atoms with E-state index in [4.69, 9.17) is 11.6 Å². The van der Waals surface area contributed by atoms with Crippen LogP contribution in [0.5, 0.6) is 0 Å². The van der Waals surface area contributed by atoms with Gasteiger partial charge in [-0.3, -0.25) is 0 Å². The first-order valence-electron chi connectivity index (χ1n) is 6.82. The van der Waals surface area contributed by atoms with E-state index in [1.807, 2.05) is 7.05 Å². The van der Waals surface area contributed by atoms with Gasteiger partial charge in [0.15, 0.2) is 0 Å². The fraction of sp³-hybridized carbons (Fsp3) is 0.533. The molecule has 1 aromatic carbocycles. The van der Waals surface area contributed by atoms with Gasteiger partial charge in [-0.05, 0) is 37.0 Å². The lowest BCUT2D eigenvalue weighted by atomic mass is 9.89. The molecule has 4 heteroatoms. The summed E-state index contributed by atoms with van der Waals surface area (Å²) in [4.78, 5) is 13.3. The van der Waals surface area contributed by atoms with Gasteiger partial charge < -0.3 is 10.0 Å². The van der Waals surface area contributed by atoms with Crippen LogP contribution >= 0.6 is 11.6 Å². The summed E-state index contributed by atoms with van der Waals surface area (Å²) in [5, 5.41) is 9.72. The molecule has 0 spiro atoms. The molecule has 1 aliphatic carbocycles. The van der Waals surface area contributed by atoms with Crippen LogP contribution in [0.4, 0.5) is 5.69 Å². The molecule has 1 N–H and O–H groups in total. The molecule has 0 atom stereocenters. The number of aromatic carboxylic acids is 1. The van der Waals surface area contributed by atoms with Crippen molar-refractivity contribution in [2.45, 2.75) is 32.1 Å². The number of carboxylic acid groups (broad SMARTS) is 1. The lowest BCUT2D eigenvalue weighted by molar-refractivity contribution is 0.0697. The van der Waals surface area contributed by atoms with Crippen molar-refractivity contribution in [3.63, 3.8) is 0 Å². The van der Waals surface area contributed by atoms with Gasteiger partial charge in [-0.15, -0.1) is 0 Å². The van der Waals surface area contributed by atoms with E-state index < -0.39 is 5.97 Å². The molecule has 0 aromatic heterocycles. The van der Waals surface area contributed by atoms with Crippen molar-refractivity contribution in [3.8, 4) is 0 Å². The molecule has 0 radical (unpaired) electrons. The summed E-state index contributed by atoms with van der Waals surface area (Å²) >= 11 is 5.88. The molecule has 2 rings (SSSR count). The molecule has 0 heterocycles. The van der Waals surface area contributed by atoms with Crippen LogP contribution in [0.1, 0.15) is 42.5 Å². The molecule has 0 unspecified atom stereocenters. The van der Waals surface area contributed by atoms with Gasteiger partial charge in [-0.2, -0.15) is 0 Å². The number of rotatable bonds is 4. The molecule has 0 bridgehead atoms. The number of carboxylic acids is 1. The summed E-state index contributed by atoms with van der Waals surface area (Å²) < 4.78 is 0. The summed E-state index contributed by atoms with van der Waals surface area (Å²) in [5.41, 5.74) is 1.04. The Bertz CT molecular complexity index is 455. The SMILES string of the molecule is CN(CC1CCCCC1)c1ccc(Cl)cc1C(=O)O. The van der Waals surface area contributed by atoms with Gasteiger partial charge in [0.05, 0.1) is 11.3 Å². The molecule has 1 fully saturated rings. The zero-order valence-electron chi connectivity index (χ0n) is 11.2. The van der Waals surface area contributed by atoms with Gasteiger partial charge in [-0.25, -0.2) is 4.79 Å². The third kappa shape index (κ3) is 3.63. The third-order valence-electron chi connectivity index (χ3n) is 3.86. The minimum absolute atomic E-state index is 0.283. The zero-order valence-corrected chi connectivity index (χ0v) is 12.0. The third-order valence-corrected chi connectivity index (χ3v) is 4.09. The van der Waals surface area contributed by atoms with Crippen molar-refractivity contribution >= 4 is 23.3 Å². The summed E-state index contributed by atoms with van der Waals surface area (Å²) in [6, 6.07) is 5.08. The second-order valence-corrected chi connectivity index (χ2v) is 5.79. The van der Waals surface area contributed by atoms with E-state index in [2.05, 4.69) is 4.90 Å². The van der Waals surface area contributed by atoms with Crippen molar-refractivity contribution in [3.05, 3.63) is 28.8 Å². The van der Waals surface area contributed by atoms with Crippen molar-refractivity contribution in [2.24, 2.45) is 5.92 Å². The normalized spacial score (nSPS) is 16.3. The molecule has 1 aliphatic rings. The van der Waals surface area contributed by atoms with Crippen molar-refractivity contribution in [1.29, 1.82) is 0 Å². The molecule has 19 heavy (non-hydrogen) atoms. The van der Waals surface area contributed by atoms with Crippen LogP contribution in [0.2, 0.25) is 5.02 Å². The number of halogens is 1. The van der Waals surface area contributed by atoms with Crippen LogP contribution in [0.25, 0.3) is 0 Å². The predicted molar refractivity (Wildman–Crippen MR) is 78.3 cm³/mol. The number of carbonyl (C=O) groups is 1. The molecular formula is C15H20ClNO2. The summed E-state index contributed by atoms with van der Waals surface area (Å²) in [5.74, 6) is -0.246. The maximum absolute atomic E-state index is 11.3. The summed E-state index contributed by atoms with van der Waals surface area (Å²) in [6.07, 6.45) is 6.43. The van der Waals surface area contributed by atoms with Crippen molar-refractivity contribution in [1.82, 2.24) is 0 Å². The fourth-order valence-electron chi connectivity index (χ4n) is 2.87. The topological polar surface area (TPSA) is 40.5 Å². The van der Waals surface area contributed by atoms with Crippen LogP contribution in [0, 0.1) is 5.92 Å². The Labute approximate surface area is 119 Å². The lowest BCUT2D eigenvalue weighted by Gasteiger charge is -2.29. The maximum atomic E-state index is 11.3. The molecule has 104 valence electrons. The standard InChI is InChI=1S/C15H20ClNO2/c1-17(10-11-5-3-2-4-6-11)14-8-7-12(16)9-13(14)15(18)19/h7-9,11H,2-6,10H2,1H3,(H,18,19).